The molecule has 0 saturated heterocycles. The number of aromatic nitrogens is 3. The van der Waals surface area contributed by atoms with E-state index in [-0.39, 0.29) is 17.7 Å². The third kappa shape index (κ3) is 2.99. The van der Waals surface area contributed by atoms with Crippen molar-refractivity contribution in [1.82, 2.24) is 20.1 Å². The average Bonchev–Trinajstić information content (AvgIpc) is 3.41. The molecule has 1 aliphatic rings. The lowest BCUT2D eigenvalue weighted by Gasteiger charge is -2.15. The Hall–Kier alpha value is -4.06. The van der Waals surface area contributed by atoms with Gasteiger partial charge in [-0.15, -0.1) is 0 Å². The van der Waals surface area contributed by atoms with E-state index < -0.39 is 0 Å². The highest BCUT2D eigenvalue weighted by molar-refractivity contribution is 6.22. The van der Waals surface area contributed by atoms with Crippen molar-refractivity contribution in [1.29, 1.82) is 0 Å². The molecule has 1 unspecified atom stereocenters. The molecule has 5 rings (SSSR count). The molecule has 1 aliphatic carbocycles. The average molecular weight is 394 g/mol. The van der Waals surface area contributed by atoms with Crippen molar-refractivity contribution in [3.8, 4) is 16.8 Å². The molecule has 1 atom stereocenters. The van der Waals surface area contributed by atoms with Crippen LogP contribution in [0.4, 0.5) is 0 Å². The number of nitrogens with zero attached hydrogens (tertiary/aromatic N) is 3. The summed E-state index contributed by atoms with van der Waals surface area (Å²) in [6.45, 7) is 1.93. The predicted octanol–water partition coefficient (Wildman–Crippen LogP) is 3.97. The summed E-state index contributed by atoms with van der Waals surface area (Å²) >= 11 is 0. The molecule has 0 aliphatic heterocycles. The van der Waals surface area contributed by atoms with E-state index in [0.29, 0.717) is 16.7 Å². The molecule has 0 radical (unpaired) electrons. The molecule has 3 aromatic carbocycles. The van der Waals surface area contributed by atoms with Gasteiger partial charge in [0.2, 0.25) is 0 Å². The van der Waals surface area contributed by atoms with Crippen LogP contribution in [0.5, 0.6) is 0 Å². The Bertz CT molecular complexity index is 1260. The predicted molar refractivity (Wildman–Crippen MR) is 113 cm³/mol. The number of benzene rings is 3. The quantitative estimate of drug-likeness (QED) is 0.500. The van der Waals surface area contributed by atoms with E-state index in [1.165, 1.54) is 6.33 Å². The van der Waals surface area contributed by atoms with Crippen LogP contribution in [-0.4, -0.2) is 26.5 Å². The molecule has 146 valence electrons. The second-order valence-electron chi connectivity index (χ2n) is 7.26. The summed E-state index contributed by atoms with van der Waals surface area (Å²) in [5, 5.41) is 7.12. The first-order valence-corrected chi connectivity index (χ1v) is 9.66. The van der Waals surface area contributed by atoms with E-state index in [1.54, 1.807) is 23.1 Å². The minimum Gasteiger partial charge on any atom is -0.346 e. The summed E-state index contributed by atoms with van der Waals surface area (Å²) in [5.41, 5.74) is 5.40. The van der Waals surface area contributed by atoms with E-state index in [0.717, 1.165) is 22.4 Å². The van der Waals surface area contributed by atoms with Crippen LogP contribution < -0.4 is 5.32 Å². The lowest BCUT2D eigenvalue weighted by molar-refractivity contribution is 0.0940. The molecule has 4 aromatic rings. The highest BCUT2D eigenvalue weighted by Crippen LogP contribution is 2.36. The van der Waals surface area contributed by atoms with Gasteiger partial charge < -0.3 is 5.32 Å². The zero-order chi connectivity index (χ0) is 20.7. The van der Waals surface area contributed by atoms with Gasteiger partial charge in [-0.1, -0.05) is 42.5 Å². The van der Waals surface area contributed by atoms with Gasteiger partial charge in [-0.3, -0.25) is 9.59 Å². The molecule has 0 saturated carbocycles. The molecule has 1 N–H and O–H groups in total. The fraction of sp³-hybridized carbons (Fsp3) is 0.0833. The van der Waals surface area contributed by atoms with Gasteiger partial charge in [0, 0.05) is 16.7 Å². The normalized spacial score (nSPS) is 12.9. The number of carbonyl (C=O) groups excluding carboxylic acids is 2. The minimum atomic E-state index is -0.214. The fourth-order valence-electron chi connectivity index (χ4n) is 3.79. The number of hydrogen-bond donors (Lipinski definition) is 1. The topological polar surface area (TPSA) is 76.9 Å². The van der Waals surface area contributed by atoms with Crippen LogP contribution >= 0.6 is 0 Å². The standard InChI is InChI=1S/C24H18N4O2/c1-15(16-6-9-18(10-7-16)28-14-25-13-26-28)27-24(30)17-8-11-20-19-4-2-3-5-21(19)23(29)22(20)12-17/h2-15H,1H3,(H,27,30). The van der Waals surface area contributed by atoms with Crippen LogP contribution in [0, 0.1) is 0 Å². The molecule has 6 heteroatoms. The fourth-order valence-corrected chi connectivity index (χ4v) is 3.79. The number of hydrogen-bond acceptors (Lipinski definition) is 4. The summed E-state index contributed by atoms with van der Waals surface area (Å²) in [5.74, 6) is -0.249. The maximum Gasteiger partial charge on any atom is 0.251 e. The molecule has 0 bridgehead atoms. The van der Waals surface area contributed by atoms with Gasteiger partial charge in [-0.05, 0) is 47.9 Å². The lowest BCUT2D eigenvalue weighted by atomic mass is 10.0. The minimum absolute atomic E-state index is 0.0352. The number of ketones is 1. The largest absolute Gasteiger partial charge is 0.346 e. The number of fused-ring (bicyclic) bond motifs is 3. The number of rotatable bonds is 4. The van der Waals surface area contributed by atoms with Crippen molar-refractivity contribution in [2.24, 2.45) is 0 Å². The lowest BCUT2D eigenvalue weighted by Crippen LogP contribution is -2.26. The van der Waals surface area contributed by atoms with Crippen LogP contribution in [-0.2, 0) is 0 Å². The van der Waals surface area contributed by atoms with Gasteiger partial charge in [-0.25, -0.2) is 9.67 Å². The molecule has 6 nitrogen and oxygen atoms in total. The number of amides is 1. The maximum atomic E-state index is 12.8. The Kier molecular flexibility index (Phi) is 4.25. The van der Waals surface area contributed by atoms with Crippen molar-refractivity contribution in [2.75, 3.05) is 0 Å². The van der Waals surface area contributed by atoms with Crippen molar-refractivity contribution in [3.63, 3.8) is 0 Å². The highest BCUT2D eigenvalue weighted by Gasteiger charge is 2.27. The molecule has 1 amide bonds. The summed E-state index contributed by atoms with van der Waals surface area (Å²) < 4.78 is 1.67. The number of carbonyl (C=O) groups is 2. The van der Waals surface area contributed by atoms with Crippen LogP contribution in [0.15, 0.2) is 79.4 Å². The van der Waals surface area contributed by atoms with Crippen LogP contribution in [0.25, 0.3) is 16.8 Å². The Labute approximate surface area is 173 Å². The van der Waals surface area contributed by atoms with Crippen molar-refractivity contribution in [3.05, 3.63) is 102 Å². The van der Waals surface area contributed by atoms with E-state index >= 15 is 0 Å². The Balaban J connectivity index is 1.34. The van der Waals surface area contributed by atoms with Gasteiger partial charge in [0.1, 0.15) is 12.7 Å². The van der Waals surface area contributed by atoms with Gasteiger partial charge >= 0.3 is 0 Å². The zero-order valence-electron chi connectivity index (χ0n) is 16.2. The first-order valence-electron chi connectivity index (χ1n) is 9.66. The van der Waals surface area contributed by atoms with Gasteiger partial charge in [-0.2, -0.15) is 5.10 Å². The molecule has 1 aromatic heterocycles. The first-order chi connectivity index (χ1) is 14.6. The zero-order valence-corrected chi connectivity index (χ0v) is 16.2. The molecule has 1 heterocycles. The Morgan fingerprint density at radius 1 is 0.933 bits per heavy atom. The second-order valence-corrected chi connectivity index (χ2v) is 7.26. The van der Waals surface area contributed by atoms with E-state index in [4.69, 9.17) is 0 Å². The van der Waals surface area contributed by atoms with Crippen molar-refractivity contribution in [2.45, 2.75) is 13.0 Å². The summed E-state index contributed by atoms with van der Waals surface area (Å²) in [7, 11) is 0. The summed E-state index contributed by atoms with van der Waals surface area (Å²) in [4.78, 5) is 29.5. The third-order valence-corrected chi connectivity index (χ3v) is 5.41. The molecule has 0 spiro atoms. The Morgan fingerprint density at radius 3 is 2.40 bits per heavy atom. The third-order valence-electron chi connectivity index (χ3n) is 5.41. The second kappa shape index (κ2) is 7.08. The van der Waals surface area contributed by atoms with Gasteiger partial charge in [0.25, 0.3) is 5.91 Å². The van der Waals surface area contributed by atoms with Gasteiger partial charge in [0.15, 0.2) is 5.78 Å². The Morgan fingerprint density at radius 2 is 1.67 bits per heavy atom. The van der Waals surface area contributed by atoms with Crippen LogP contribution in [0.2, 0.25) is 0 Å². The van der Waals surface area contributed by atoms with E-state index in [1.807, 2.05) is 61.5 Å². The number of nitrogens with one attached hydrogen (secondary N) is 1. The molecule has 30 heavy (non-hydrogen) atoms. The summed E-state index contributed by atoms with van der Waals surface area (Å²) in [6.07, 6.45) is 3.12. The van der Waals surface area contributed by atoms with Crippen LogP contribution in [0.1, 0.15) is 44.8 Å². The monoisotopic (exact) mass is 394 g/mol. The smallest absolute Gasteiger partial charge is 0.251 e. The van der Waals surface area contributed by atoms with Gasteiger partial charge in [0.05, 0.1) is 11.7 Å². The van der Waals surface area contributed by atoms with Crippen LogP contribution in [0.3, 0.4) is 0 Å². The van der Waals surface area contributed by atoms with E-state index in [2.05, 4.69) is 15.4 Å². The maximum absolute atomic E-state index is 12.8. The summed E-state index contributed by atoms with van der Waals surface area (Å²) in [6, 6.07) is 20.4. The van der Waals surface area contributed by atoms with E-state index in [9.17, 15) is 9.59 Å². The highest BCUT2D eigenvalue weighted by atomic mass is 16.1. The van der Waals surface area contributed by atoms with Crippen molar-refractivity contribution >= 4 is 11.7 Å². The SMILES string of the molecule is CC(NC(=O)c1ccc2c(c1)C(=O)c1ccccc1-2)c1ccc(-n2cncn2)cc1. The van der Waals surface area contributed by atoms with Crippen molar-refractivity contribution < 1.29 is 9.59 Å². The molecular formula is C24H18N4O2. The molecular weight excluding hydrogens is 376 g/mol. The first kappa shape index (κ1) is 18.0. The molecule has 0 fully saturated rings.